The van der Waals surface area contributed by atoms with Crippen LogP contribution in [0.2, 0.25) is 0 Å². The first-order valence-electron chi connectivity index (χ1n) is 8.16. The largest absolute Gasteiger partial charge is 0.350 e. The Morgan fingerprint density at radius 1 is 1.08 bits per heavy atom. The number of anilines is 1. The third-order valence-electron chi connectivity index (χ3n) is 4.08. The average Bonchev–Trinajstić information content (AvgIpc) is 2.59. The Balaban J connectivity index is 1.92. The number of hydrogen-bond donors (Lipinski definition) is 1. The molecule has 2 aromatic carbocycles. The van der Waals surface area contributed by atoms with Crippen LogP contribution in [0.25, 0.3) is 0 Å². The van der Waals surface area contributed by atoms with Crippen LogP contribution in [0, 0.1) is 0 Å². The van der Waals surface area contributed by atoms with Crippen LogP contribution in [-0.4, -0.2) is 33.7 Å². The summed E-state index contributed by atoms with van der Waals surface area (Å²) in [6.07, 6.45) is 2.90. The van der Waals surface area contributed by atoms with Gasteiger partial charge >= 0.3 is 0 Å². The molecule has 25 heavy (non-hydrogen) atoms. The Morgan fingerprint density at radius 3 is 2.24 bits per heavy atom. The molecule has 0 spiro atoms. The van der Waals surface area contributed by atoms with Gasteiger partial charge in [0.2, 0.25) is 10.0 Å². The van der Waals surface area contributed by atoms with Crippen molar-refractivity contribution in [2.24, 2.45) is 0 Å². The first-order chi connectivity index (χ1) is 11.8. The molecule has 0 bridgehead atoms. The number of hydrogen-bond acceptors (Lipinski definition) is 3. The Bertz CT molecular complexity index is 802. The lowest BCUT2D eigenvalue weighted by Gasteiger charge is -2.17. The predicted octanol–water partition coefficient (Wildman–Crippen LogP) is 2.83. The Morgan fingerprint density at radius 2 is 1.68 bits per heavy atom. The molecule has 134 valence electrons. The molecule has 1 atom stereocenters. The first kappa shape index (κ1) is 19.0. The van der Waals surface area contributed by atoms with E-state index in [9.17, 15) is 13.2 Å². The molecule has 0 saturated carbocycles. The summed E-state index contributed by atoms with van der Waals surface area (Å²) in [7, 11) is -1.83. The van der Waals surface area contributed by atoms with E-state index in [1.807, 2.05) is 25.1 Å². The van der Waals surface area contributed by atoms with Crippen LogP contribution in [0.4, 0.5) is 5.69 Å². The molecule has 0 heterocycles. The number of rotatable bonds is 7. The second-order valence-corrected chi connectivity index (χ2v) is 8.19. The maximum absolute atomic E-state index is 12.3. The summed E-state index contributed by atoms with van der Waals surface area (Å²) in [6, 6.07) is 16.7. The summed E-state index contributed by atoms with van der Waals surface area (Å²) in [4.78, 5) is 12.3. The van der Waals surface area contributed by atoms with Gasteiger partial charge in [-0.05, 0) is 49.6 Å². The number of carbonyl (C=O) groups excluding carboxylic acids is 1. The number of nitrogens with zero attached hydrogens (tertiary/aromatic N) is 1. The van der Waals surface area contributed by atoms with Crippen molar-refractivity contribution in [1.29, 1.82) is 0 Å². The molecule has 0 fully saturated rings. The van der Waals surface area contributed by atoms with E-state index in [1.165, 1.54) is 16.9 Å². The molecule has 2 aromatic rings. The maximum atomic E-state index is 12.3. The molecule has 1 N–H and O–H groups in total. The minimum absolute atomic E-state index is 0.0473. The van der Waals surface area contributed by atoms with E-state index < -0.39 is 10.0 Å². The fourth-order valence-corrected chi connectivity index (χ4v) is 2.93. The maximum Gasteiger partial charge on any atom is 0.251 e. The standard InChI is InChI=1S/C19H24N2O3S/c1-15(9-10-16-7-5-4-6-8-16)20-19(22)17-11-13-18(14-12-17)21(2)25(3,23)24/h4-8,11-15H,9-10H2,1-3H3,(H,20,22). The highest BCUT2D eigenvalue weighted by molar-refractivity contribution is 7.92. The third kappa shape index (κ3) is 5.60. The van der Waals surface area contributed by atoms with Crippen molar-refractivity contribution in [3.63, 3.8) is 0 Å². The lowest BCUT2D eigenvalue weighted by molar-refractivity contribution is 0.0938. The highest BCUT2D eigenvalue weighted by Crippen LogP contribution is 2.16. The lowest BCUT2D eigenvalue weighted by Crippen LogP contribution is -2.33. The van der Waals surface area contributed by atoms with Crippen LogP contribution >= 0.6 is 0 Å². The van der Waals surface area contributed by atoms with E-state index in [0.29, 0.717) is 11.3 Å². The highest BCUT2D eigenvalue weighted by Gasteiger charge is 2.14. The Labute approximate surface area is 149 Å². The number of benzene rings is 2. The molecule has 1 unspecified atom stereocenters. The Kier molecular flexibility index (Phi) is 6.20. The van der Waals surface area contributed by atoms with E-state index in [1.54, 1.807) is 24.3 Å². The third-order valence-corrected chi connectivity index (χ3v) is 5.28. The number of sulfonamides is 1. The van der Waals surface area contributed by atoms with Gasteiger partial charge in [0.25, 0.3) is 5.91 Å². The zero-order chi connectivity index (χ0) is 18.4. The molecule has 0 aliphatic carbocycles. The van der Waals surface area contributed by atoms with Gasteiger partial charge in [-0.25, -0.2) is 8.42 Å². The zero-order valence-electron chi connectivity index (χ0n) is 14.8. The highest BCUT2D eigenvalue weighted by atomic mass is 32.2. The molecule has 2 rings (SSSR count). The molecule has 0 aliphatic heterocycles. The van der Waals surface area contributed by atoms with Gasteiger partial charge in [-0.3, -0.25) is 9.10 Å². The number of nitrogens with one attached hydrogen (secondary N) is 1. The molecular formula is C19H24N2O3S. The van der Waals surface area contributed by atoms with Gasteiger partial charge in [-0.2, -0.15) is 0 Å². The molecule has 0 aromatic heterocycles. The number of amides is 1. The Hall–Kier alpha value is -2.34. The lowest BCUT2D eigenvalue weighted by atomic mass is 10.1. The topological polar surface area (TPSA) is 66.5 Å². The second kappa shape index (κ2) is 8.16. The smallest absolute Gasteiger partial charge is 0.251 e. The van der Waals surface area contributed by atoms with E-state index >= 15 is 0 Å². The number of aryl methyl sites for hydroxylation is 1. The quantitative estimate of drug-likeness (QED) is 0.826. The first-order valence-corrected chi connectivity index (χ1v) is 10.0. The van der Waals surface area contributed by atoms with Gasteiger partial charge in [-0.15, -0.1) is 0 Å². The van der Waals surface area contributed by atoms with Gasteiger partial charge in [0.05, 0.1) is 11.9 Å². The second-order valence-electron chi connectivity index (χ2n) is 6.18. The van der Waals surface area contributed by atoms with Crippen molar-refractivity contribution >= 4 is 21.6 Å². The van der Waals surface area contributed by atoms with Crippen molar-refractivity contribution < 1.29 is 13.2 Å². The summed E-state index contributed by atoms with van der Waals surface area (Å²) < 4.78 is 24.2. The number of carbonyl (C=O) groups is 1. The summed E-state index contributed by atoms with van der Waals surface area (Å²) >= 11 is 0. The molecule has 1 amide bonds. The molecule has 5 nitrogen and oxygen atoms in total. The zero-order valence-corrected chi connectivity index (χ0v) is 15.6. The van der Waals surface area contributed by atoms with Crippen molar-refractivity contribution in [3.8, 4) is 0 Å². The molecular weight excluding hydrogens is 336 g/mol. The minimum Gasteiger partial charge on any atom is -0.350 e. The van der Waals surface area contributed by atoms with Crippen LogP contribution in [-0.2, 0) is 16.4 Å². The van der Waals surface area contributed by atoms with Gasteiger partial charge in [0.1, 0.15) is 0 Å². The molecule has 0 radical (unpaired) electrons. The summed E-state index contributed by atoms with van der Waals surface area (Å²) in [5, 5.41) is 2.97. The van der Waals surface area contributed by atoms with Crippen molar-refractivity contribution in [2.75, 3.05) is 17.6 Å². The van der Waals surface area contributed by atoms with Crippen LogP contribution in [0.15, 0.2) is 54.6 Å². The monoisotopic (exact) mass is 360 g/mol. The molecule has 0 aliphatic rings. The fraction of sp³-hybridized carbons (Fsp3) is 0.316. The van der Waals surface area contributed by atoms with Crippen LogP contribution in [0.1, 0.15) is 29.3 Å². The van der Waals surface area contributed by atoms with Crippen molar-refractivity contribution in [2.45, 2.75) is 25.8 Å². The summed E-state index contributed by atoms with van der Waals surface area (Å²) in [6.45, 7) is 1.98. The normalized spacial score (nSPS) is 12.4. The summed E-state index contributed by atoms with van der Waals surface area (Å²) in [5.74, 6) is -0.158. The van der Waals surface area contributed by atoms with Gasteiger partial charge in [-0.1, -0.05) is 30.3 Å². The van der Waals surface area contributed by atoms with Crippen LogP contribution < -0.4 is 9.62 Å². The van der Waals surface area contributed by atoms with E-state index in [-0.39, 0.29) is 11.9 Å². The van der Waals surface area contributed by atoms with Crippen molar-refractivity contribution in [3.05, 3.63) is 65.7 Å². The molecule has 0 saturated heterocycles. The van der Waals surface area contributed by atoms with Crippen LogP contribution in [0.5, 0.6) is 0 Å². The summed E-state index contributed by atoms with van der Waals surface area (Å²) in [5.41, 5.74) is 2.28. The van der Waals surface area contributed by atoms with Crippen molar-refractivity contribution in [1.82, 2.24) is 5.32 Å². The van der Waals surface area contributed by atoms with Gasteiger partial charge in [0, 0.05) is 18.7 Å². The minimum atomic E-state index is -3.31. The van der Waals surface area contributed by atoms with Crippen LogP contribution in [0.3, 0.4) is 0 Å². The fourth-order valence-electron chi connectivity index (χ4n) is 2.42. The molecule has 6 heteroatoms. The SMILES string of the molecule is CC(CCc1ccccc1)NC(=O)c1ccc(N(C)S(C)(=O)=O)cc1. The van der Waals surface area contributed by atoms with E-state index in [0.717, 1.165) is 19.1 Å². The van der Waals surface area contributed by atoms with E-state index in [4.69, 9.17) is 0 Å². The van der Waals surface area contributed by atoms with Gasteiger partial charge in [0.15, 0.2) is 0 Å². The van der Waals surface area contributed by atoms with E-state index in [2.05, 4.69) is 17.4 Å². The predicted molar refractivity (Wildman–Crippen MR) is 101 cm³/mol. The van der Waals surface area contributed by atoms with Gasteiger partial charge < -0.3 is 5.32 Å². The average molecular weight is 360 g/mol.